The van der Waals surface area contributed by atoms with Gasteiger partial charge < -0.3 is 15.2 Å². The van der Waals surface area contributed by atoms with Crippen molar-refractivity contribution in [2.75, 3.05) is 20.2 Å². The topological polar surface area (TPSA) is 58.6 Å². The Morgan fingerprint density at radius 3 is 2.54 bits per heavy atom. The third kappa shape index (κ3) is 6.54. The summed E-state index contributed by atoms with van der Waals surface area (Å²) in [6.45, 7) is 6.19. The van der Waals surface area contributed by atoms with Gasteiger partial charge >= 0.3 is 5.97 Å². The van der Waals surface area contributed by atoms with Crippen molar-refractivity contribution < 1.29 is 14.6 Å². The van der Waals surface area contributed by atoms with Gasteiger partial charge in [0.25, 0.3) is 0 Å². The van der Waals surface area contributed by atoms with Crippen LogP contribution < -0.4 is 5.32 Å². The van der Waals surface area contributed by atoms with Crippen molar-refractivity contribution in [1.82, 2.24) is 5.32 Å². The van der Waals surface area contributed by atoms with Gasteiger partial charge in [-0.25, -0.2) is 0 Å². The van der Waals surface area contributed by atoms with Crippen LogP contribution in [0.3, 0.4) is 0 Å². The molecule has 0 bridgehead atoms. The average Bonchev–Trinajstić information content (AvgIpc) is 2.00. The monoisotopic (exact) mass is 189 g/mol. The van der Waals surface area contributed by atoms with Crippen molar-refractivity contribution in [2.45, 2.75) is 26.4 Å². The molecule has 1 atom stereocenters. The zero-order chi connectivity index (χ0) is 10.5. The summed E-state index contributed by atoms with van der Waals surface area (Å²) in [7, 11) is 1.37. The molecule has 78 valence electrons. The number of rotatable bonds is 5. The van der Waals surface area contributed by atoms with Crippen LogP contribution in [0, 0.1) is 5.92 Å². The highest BCUT2D eigenvalue weighted by Crippen LogP contribution is 1.99. The maximum Gasteiger partial charge on any atom is 0.309 e. The van der Waals surface area contributed by atoms with Gasteiger partial charge in [0.2, 0.25) is 0 Å². The summed E-state index contributed by atoms with van der Waals surface area (Å²) < 4.78 is 4.55. The Morgan fingerprint density at radius 1 is 1.62 bits per heavy atom. The molecule has 0 amide bonds. The molecule has 0 aromatic heterocycles. The molecule has 2 N–H and O–H groups in total. The van der Waals surface area contributed by atoms with E-state index in [2.05, 4.69) is 10.1 Å². The summed E-state index contributed by atoms with van der Waals surface area (Å²) in [5, 5.41) is 12.3. The zero-order valence-electron chi connectivity index (χ0n) is 8.76. The summed E-state index contributed by atoms with van der Waals surface area (Å²) in [4.78, 5) is 10.9. The van der Waals surface area contributed by atoms with E-state index in [1.54, 1.807) is 20.8 Å². The molecular formula is C9H19NO3. The first-order valence-corrected chi connectivity index (χ1v) is 4.38. The van der Waals surface area contributed by atoms with E-state index < -0.39 is 5.60 Å². The van der Waals surface area contributed by atoms with Gasteiger partial charge in [0.05, 0.1) is 18.6 Å². The molecule has 4 nitrogen and oxygen atoms in total. The van der Waals surface area contributed by atoms with E-state index >= 15 is 0 Å². The first kappa shape index (κ1) is 12.4. The Hall–Kier alpha value is -0.610. The van der Waals surface area contributed by atoms with Crippen LogP contribution in [0.25, 0.3) is 0 Å². The third-order valence-electron chi connectivity index (χ3n) is 1.61. The Labute approximate surface area is 79.3 Å². The van der Waals surface area contributed by atoms with Crippen molar-refractivity contribution in [3.8, 4) is 0 Å². The second-order valence-electron chi connectivity index (χ2n) is 3.87. The van der Waals surface area contributed by atoms with Gasteiger partial charge in [-0.3, -0.25) is 4.79 Å². The largest absolute Gasteiger partial charge is 0.469 e. The minimum atomic E-state index is -0.740. The minimum absolute atomic E-state index is 0.174. The number of esters is 1. The van der Waals surface area contributed by atoms with Crippen LogP contribution in [-0.4, -0.2) is 36.9 Å². The highest BCUT2D eigenvalue weighted by Gasteiger charge is 2.15. The summed E-state index contributed by atoms with van der Waals surface area (Å²) in [6, 6.07) is 0. The number of aliphatic hydroxyl groups is 1. The summed E-state index contributed by atoms with van der Waals surface area (Å²) in [5.41, 5.74) is -0.740. The molecule has 1 unspecified atom stereocenters. The Kier molecular flexibility index (Phi) is 4.95. The first-order chi connectivity index (χ1) is 5.87. The molecule has 0 saturated heterocycles. The number of carbonyl (C=O) groups excluding carboxylic acids is 1. The number of hydrogen-bond acceptors (Lipinski definition) is 4. The second kappa shape index (κ2) is 5.19. The lowest BCUT2D eigenvalue weighted by Crippen LogP contribution is -2.38. The number of hydrogen-bond donors (Lipinski definition) is 2. The summed E-state index contributed by atoms with van der Waals surface area (Å²) in [6.07, 6.45) is 0. The van der Waals surface area contributed by atoms with Gasteiger partial charge in [0.1, 0.15) is 0 Å². The maximum atomic E-state index is 10.9. The van der Waals surface area contributed by atoms with Crippen molar-refractivity contribution in [2.24, 2.45) is 5.92 Å². The molecule has 0 rings (SSSR count). The van der Waals surface area contributed by atoms with Gasteiger partial charge in [0.15, 0.2) is 0 Å². The molecular weight excluding hydrogens is 170 g/mol. The lowest BCUT2D eigenvalue weighted by molar-refractivity contribution is -0.144. The van der Waals surface area contributed by atoms with Gasteiger partial charge in [-0.05, 0) is 13.8 Å². The lowest BCUT2D eigenvalue weighted by Gasteiger charge is -2.19. The number of nitrogens with one attached hydrogen (secondary N) is 1. The van der Waals surface area contributed by atoms with Crippen molar-refractivity contribution in [3.05, 3.63) is 0 Å². The average molecular weight is 189 g/mol. The van der Waals surface area contributed by atoms with Gasteiger partial charge in [-0.15, -0.1) is 0 Å². The van der Waals surface area contributed by atoms with Crippen LogP contribution in [0.2, 0.25) is 0 Å². The Morgan fingerprint density at radius 2 is 2.15 bits per heavy atom. The Bertz CT molecular complexity index is 163. The van der Waals surface area contributed by atoms with Crippen molar-refractivity contribution in [1.29, 1.82) is 0 Å². The van der Waals surface area contributed by atoms with E-state index in [-0.39, 0.29) is 11.9 Å². The van der Waals surface area contributed by atoms with Crippen LogP contribution in [0.1, 0.15) is 20.8 Å². The minimum Gasteiger partial charge on any atom is -0.469 e. The second-order valence-corrected chi connectivity index (χ2v) is 3.87. The van der Waals surface area contributed by atoms with Gasteiger partial charge in [-0.2, -0.15) is 0 Å². The fraction of sp³-hybridized carbons (Fsp3) is 0.889. The molecule has 0 aliphatic heterocycles. The lowest BCUT2D eigenvalue weighted by atomic mass is 10.1. The normalized spacial score (nSPS) is 13.9. The molecule has 0 spiro atoms. The molecule has 0 aliphatic carbocycles. The predicted molar refractivity (Wildman–Crippen MR) is 50.3 cm³/mol. The van der Waals surface area contributed by atoms with E-state index in [1.807, 2.05) is 0 Å². The highest BCUT2D eigenvalue weighted by atomic mass is 16.5. The highest BCUT2D eigenvalue weighted by molar-refractivity contribution is 5.71. The molecule has 0 radical (unpaired) electrons. The fourth-order valence-corrected chi connectivity index (χ4v) is 0.879. The van der Waals surface area contributed by atoms with Crippen LogP contribution >= 0.6 is 0 Å². The zero-order valence-corrected chi connectivity index (χ0v) is 8.76. The number of carbonyl (C=O) groups is 1. The smallest absolute Gasteiger partial charge is 0.309 e. The van der Waals surface area contributed by atoms with Crippen LogP contribution in [0.15, 0.2) is 0 Å². The van der Waals surface area contributed by atoms with Crippen LogP contribution in [0.5, 0.6) is 0 Å². The molecule has 0 aromatic carbocycles. The van der Waals surface area contributed by atoms with E-state index in [4.69, 9.17) is 0 Å². The van der Waals surface area contributed by atoms with E-state index in [1.165, 1.54) is 7.11 Å². The molecule has 0 heterocycles. The van der Waals surface area contributed by atoms with Crippen LogP contribution in [0.4, 0.5) is 0 Å². The van der Waals surface area contributed by atoms with E-state index in [0.29, 0.717) is 13.1 Å². The van der Waals surface area contributed by atoms with Gasteiger partial charge in [0, 0.05) is 13.1 Å². The maximum absolute atomic E-state index is 10.9. The predicted octanol–water partition coefficient (Wildman–Crippen LogP) is 0.156. The molecule has 0 saturated carbocycles. The van der Waals surface area contributed by atoms with Crippen molar-refractivity contribution >= 4 is 5.97 Å². The summed E-state index contributed by atoms with van der Waals surface area (Å²) >= 11 is 0. The fourth-order valence-electron chi connectivity index (χ4n) is 0.879. The quantitative estimate of drug-likeness (QED) is 0.605. The summed E-state index contributed by atoms with van der Waals surface area (Å²) in [5.74, 6) is -0.407. The molecule has 4 heteroatoms. The van der Waals surface area contributed by atoms with Crippen LogP contribution in [-0.2, 0) is 9.53 Å². The molecule has 0 fully saturated rings. The molecule has 0 aromatic rings. The number of ether oxygens (including phenoxy) is 1. The third-order valence-corrected chi connectivity index (χ3v) is 1.61. The first-order valence-electron chi connectivity index (χ1n) is 4.38. The van der Waals surface area contributed by atoms with E-state index in [0.717, 1.165) is 0 Å². The molecule has 13 heavy (non-hydrogen) atoms. The molecule has 0 aliphatic rings. The number of methoxy groups -OCH3 is 1. The SMILES string of the molecule is COC(=O)C(C)CNCC(C)(C)O. The Balaban J connectivity index is 3.59. The van der Waals surface area contributed by atoms with Crippen molar-refractivity contribution in [3.63, 3.8) is 0 Å². The van der Waals surface area contributed by atoms with E-state index in [9.17, 15) is 9.90 Å². The van der Waals surface area contributed by atoms with Gasteiger partial charge in [-0.1, -0.05) is 6.92 Å². The standard InChI is InChI=1S/C9H19NO3/c1-7(8(11)13-4)5-10-6-9(2,3)12/h7,10,12H,5-6H2,1-4H3.